The first kappa shape index (κ1) is 15.8. The van der Waals surface area contributed by atoms with Gasteiger partial charge in [-0.25, -0.2) is 0 Å². The summed E-state index contributed by atoms with van der Waals surface area (Å²) in [5.41, 5.74) is 1.62. The highest BCUT2D eigenvalue weighted by Crippen LogP contribution is 2.24. The maximum atomic E-state index is 12.7. The molecule has 0 atom stereocenters. The van der Waals surface area contributed by atoms with Crippen LogP contribution in [0.4, 0.5) is 5.69 Å². The molecular weight excluding hydrogens is 262 g/mol. The van der Waals surface area contributed by atoms with Gasteiger partial charge in [0.05, 0.1) is 11.3 Å². The van der Waals surface area contributed by atoms with Crippen LogP contribution in [0.25, 0.3) is 0 Å². The van der Waals surface area contributed by atoms with Gasteiger partial charge in [-0.05, 0) is 31.2 Å². The van der Waals surface area contributed by atoms with Crippen molar-refractivity contribution >= 4 is 11.6 Å². The number of likely N-dealkylation sites (tertiary alicyclic amines) is 1. The van der Waals surface area contributed by atoms with Crippen LogP contribution in [-0.2, 0) is 0 Å². The third-order valence-corrected chi connectivity index (χ3v) is 4.22. The van der Waals surface area contributed by atoms with Gasteiger partial charge < -0.3 is 10.2 Å². The summed E-state index contributed by atoms with van der Waals surface area (Å²) in [7, 11) is 0. The molecule has 0 aliphatic carbocycles. The van der Waals surface area contributed by atoms with Crippen molar-refractivity contribution < 1.29 is 4.79 Å². The summed E-state index contributed by atoms with van der Waals surface area (Å²) >= 11 is 0. The summed E-state index contributed by atoms with van der Waals surface area (Å²) in [6.07, 6.45) is 9.28. The van der Waals surface area contributed by atoms with Crippen molar-refractivity contribution in [3.63, 3.8) is 0 Å². The Kier molecular flexibility index (Phi) is 6.03. The molecule has 21 heavy (non-hydrogen) atoms. The molecule has 4 heteroatoms. The van der Waals surface area contributed by atoms with Gasteiger partial charge in [-0.3, -0.25) is 9.78 Å². The van der Waals surface area contributed by atoms with Gasteiger partial charge in [0.2, 0.25) is 0 Å². The highest BCUT2D eigenvalue weighted by atomic mass is 16.2. The van der Waals surface area contributed by atoms with Crippen LogP contribution in [0.5, 0.6) is 0 Å². The smallest absolute Gasteiger partial charge is 0.257 e. The zero-order valence-electron chi connectivity index (χ0n) is 13.3. The van der Waals surface area contributed by atoms with Crippen molar-refractivity contribution in [1.29, 1.82) is 0 Å². The number of pyridine rings is 1. The molecule has 0 radical (unpaired) electrons. The summed E-state index contributed by atoms with van der Waals surface area (Å²) in [5, 5.41) is 3.32. The predicted molar refractivity (Wildman–Crippen MR) is 86.6 cm³/mol. The fraction of sp³-hybridized carbons (Fsp3) is 0.647. The first-order valence-electron chi connectivity index (χ1n) is 8.23. The Bertz CT molecular complexity index is 453. The van der Waals surface area contributed by atoms with Gasteiger partial charge in [0, 0.05) is 32.0 Å². The molecule has 1 aromatic rings. The van der Waals surface area contributed by atoms with E-state index in [0.29, 0.717) is 5.56 Å². The molecule has 0 saturated carbocycles. The number of hydrogen-bond acceptors (Lipinski definition) is 3. The van der Waals surface area contributed by atoms with E-state index in [-0.39, 0.29) is 5.91 Å². The summed E-state index contributed by atoms with van der Waals surface area (Å²) in [5.74, 6) is 0.919. The van der Waals surface area contributed by atoms with Gasteiger partial charge in [-0.2, -0.15) is 0 Å². The average Bonchev–Trinajstić information content (AvgIpc) is 2.53. The van der Waals surface area contributed by atoms with Gasteiger partial charge in [0.15, 0.2) is 0 Å². The second-order valence-corrected chi connectivity index (χ2v) is 5.87. The second kappa shape index (κ2) is 8.01. The highest BCUT2D eigenvalue weighted by molar-refractivity contribution is 5.99. The molecule has 0 spiro atoms. The molecule has 1 amide bonds. The Morgan fingerprint density at radius 3 is 2.76 bits per heavy atom. The Hall–Kier alpha value is -1.58. The summed E-state index contributed by atoms with van der Waals surface area (Å²) in [6.45, 7) is 6.99. The first-order valence-corrected chi connectivity index (χ1v) is 8.23. The average molecular weight is 289 g/mol. The standard InChI is InChI=1S/C17H27N3O/c1-3-5-14-7-11-20(12-8-14)17(21)15-13-18-10-6-16(15)19-9-4-2/h6,10,13-14H,3-5,7-9,11-12H2,1-2H3,(H,18,19). The van der Waals surface area contributed by atoms with Gasteiger partial charge in [0.1, 0.15) is 0 Å². The molecule has 0 aromatic carbocycles. The molecule has 1 saturated heterocycles. The van der Waals surface area contributed by atoms with E-state index in [1.807, 2.05) is 11.0 Å². The number of nitrogens with zero attached hydrogens (tertiary/aromatic N) is 2. The SMILES string of the molecule is CCCNc1ccncc1C(=O)N1CCC(CCC)CC1. The van der Waals surface area contributed by atoms with Crippen molar-refractivity contribution in [1.82, 2.24) is 9.88 Å². The van der Waals surface area contributed by atoms with Crippen molar-refractivity contribution in [3.8, 4) is 0 Å². The third kappa shape index (κ3) is 4.19. The van der Waals surface area contributed by atoms with Crippen LogP contribution in [-0.4, -0.2) is 35.4 Å². The number of piperidine rings is 1. The van der Waals surface area contributed by atoms with E-state index in [1.165, 1.54) is 12.8 Å². The Morgan fingerprint density at radius 2 is 2.10 bits per heavy atom. The number of hydrogen-bond donors (Lipinski definition) is 1. The van der Waals surface area contributed by atoms with Gasteiger partial charge >= 0.3 is 0 Å². The zero-order chi connectivity index (χ0) is 15.1. The van der Waals surface area contributed by atoms with E-state index >= 15 is 0 Å². The molecule has 0 unspecified atom stereocenters. The Morgan fingerprint density at radius 1 is 1.33 bits per heavy atom. The molecule has 0 bridgehead atoms. The number of carbonyl (C=O) groups excluding carboxylic acids is 1. The minimum atomic E-state index is 0.122. The molecule has 4 nitrogen and oxygen atoms in total. The molecule has 1 aliphatic heterocycles. The van der Waals surface area contributed by atoms with Crippen LogP contribution in [0.1, 0.15) is 56.3 Å². The van der Waals surface area contributed by atoms with Crippen molar-refractivity contribution in [2.45, 2.75) is 46.0 Å². The number of aromatic nitrogens is 1. The highest BCUT2D eigenvalue weighted by Gasteiger charge is 2.24. The first-order chi connectivity index (χ1) is 10.3. The van der Waals surface area contributed by atoms with Crippen LogP contribution < -0.4 is 5.32 Å². The molecule has 116 valence electrons. The van der Waals surface area contributed by atoms with Crippen molar-refractivity contribution in [2.24, 2.45) is 5.92 Å². The quantitative estimate of drug-likeness (QED) is 0.871. The van der Waals surface area contributed by atoms with E-state index in [2.05, 4.69) is 24.1 Å². The Balaban J connectivity index is 2.00. The molecule has 1 aromatic heterocycles. The molecule has 2 rings (SSSR count). The normalized spacial score (nSPS) is 16.0. The lowest BCUT2D eigenvalue weighted by molar-refractivity contribution is 0.0687. The lowest BCUT2D eigenvalue weighted by Gasteiger charge is -2.32. The fourth-order valence-corrected chi connectivity index (χ4v) is 2.98. The van der Waals surface area contributed by atoms with E-state index < -0.39 is 0 Å². The monoisotopic (exact) mass is 289 g/mol. The van der Waals surface area contributed by atoms with E-state index in [9.17, 15) is 4.79 Å². The summed E-state index contributed by atoms with van der Waals surface area (Å²) < 4.78 is 0. The zero-order valence-corrected chi connectivity index (χ0v) is 13.3. The van der Waals surface area contributed by atoms with Crippen LogP contribution in [0.15, 0.2) is 18.5 Å². The Labute approximate surface area is 127 Å². The van der Waals surface area contributed by atoms with Crippen LogP contribution in [0.3, 0.4) is 0 Å². The number of rotatable bonds is 6. The maximum Gasteiger partial charge on any atom is 0.257 e. The molecule has 1 fully saturated rings. The van der Waals surface area contributed by atoms with Gasteiger partial charge in [-0.1, -0.05) is 26.7 Å². The third-order valence-electron chi connectivity index (χ3n) is 4.22. The minimum absolute atomic E-state index is 0.122. The van der Waals surface area contributed by atoms with Crippen molar-refractivity contribution in [2.75, 3.05) is 25.0 Å². The molecule has 2 heterocycles. The van der Waals surface area contributed by atoms with Crippen molar-refractivity contribution in [3.05, 3.63) is 24.0 Å². The van der Waals surface area contributed by atoms with E-state index in [4.69, 9.17) is 0 Å². The lowest BCUT2D eigenvalue weighted by atomic mass is 9.92. The summed E-state index contributed by atoms with van der Waals surface area (Å²) in [4.78, 5) is 18.8. The van der Waals surface area contributed by atoms with E-state index in [0.717, 1.165) is 50.5 Å². The molecule has 1 aliphatic rings. The predicted octanol–water partition coefficient (Wildman–Crippen LogP) is 3.56. The lowest BCUT2D eigenvalue weighted by Crippen LogP contribution is -2.38. The van der Waals surface area contributed by atoms with Gasteiger partial charge in [0.25, 0.3) is 5.91 Å². The van der Waals surface area contributed by atoms with Crippen LogP contribution in [0, 0.1) is 5.92 Å². The largest absolute Gasteiger partial charge is 0.384 e. The second-order valence-electron chi connectivity index (χ2n) is 5.87. The molecule has 1 N–H and O–H groups in total. The fourth-order valence-electron chi connectivity index (χ4n) is 2.98. The minimum Gasteiger partial charge on any atom is -0.384 e. The molecular formula is C17H27N3O. The van der Waals surface area contributed by atoms with Crippen LogP contribution >= 0.6 is 0 Å². The maximum absolute atomic E-state index is 12.7. The summed E-state index contributed by atoms with van der Waals surface area (Å²) in [6, 6.07) is 1.90. The topological polar surface area (TPSA) is 45.2 Å². The van der Waals surface area contributed by atoms with E-state index in [1.54, 1.807) is 12.4 Å². The van der Waals surface area contributed by atoms with Crippen LogP contribution in [0.2, 0.25) is 0 Å². The van der Waals surface area contributed by atoms with Gasteiger partial charge in [-0.15, -0.1) is 0 Å². The number of amides is 1. The number of nitrogens with one attached hydrogen (secondary N) is 1. The number of anilines is 1. The number of carbonyl (C=O) groups is 1.